The lowest BCUT2D eigenvalue weighted by Crippen LogP contribution is -2.24. The number of nitrogens with zero attached hydrogens (tertiary/aromatic N) is 3. The molecule has 0 fully saturated rings. The van der Waals surface area contributed by atoms with Gasteiger partial charge in [0.05, 0.1) is 25.2 Å². The van der Waals surface area contributed by atoms with Gasteiger partial charge in [-0.25, -0.2) is 0 Å². The Bertz CT molecular complexity index is 651. The van der Waals surface area contributed by atoms with Gasteiger partial charge in [-0.15, -0.1) is 0 Å². The topological polar surface area (TPSA) is 71.0 Å². The van der Waals surface area contributed by atoms with E-state index >= 15 is 0 Å². The molecular weight excluding hydrogens is 238 g/mol. The van der Waals surface area contributed by atoms with Crippen molar-refractivity contribution in [1.29, 1.82) is 10.5 Å². The fourth-order valence-electron chi connectivity index (χ4n) is 2.08. The first-order valence-corrected chi connectivity index (χ1v) is 5.92. The lowest BCUT2D eigenvalue weighted by Gasteiger charge is -2.17. The summed E-state index contributed by atoms with van der Waals surface area (Å²) in [6.07, 6.45) is 0. The number of phenolic OH excluding ortho intramolecular Hbond substituents is 1. The molecule has 0 bridgehead atoms. The van der Waals surface area contributed by atoms with E-state index in [1.807, 2.05) is 42.5 Å². The molecule has 2 aromatic carbocycles. The molecule has 4 nitrogen and oxygen atoms in total. The number of hydrogen-bond donors (Lipinski definition) is 1. The fraction of sp³-hybridized carbons (Fsp3) is 0.200. The minimum absolute atomic E-state index is 0.163. The molecule has 94 valence electrons. The van der Waals surface area contributed by atoms with E-state index in [-0.39, 0.29) is 18.8 Å². The Kier molecular flexibility index (Phi) is 3.97. The summed E-state index contributed by atoms with van der Waals surface area (Å²) in [7, 11) is 0. The van der Waals surface area contributed by atoms with Gasteiger partial charge in [0.25, 0.3) is 0 Å². The van der Waals surface area contributed by atoms with Crippen LogP contribution in [0.1, 0.15) is 5.56 Å². The highest BCUT2D eigenvalue weighted by atomic mass is 16.3. The predicted octanol–water partition coefficient (Wildman–Crippen LogP) is 2.39. The average molecular weight is 251 g/mol. The monoisotopic (exact) mass is 251 g/mol. The highest BCUT2D eigenvalue weighted by Gasteiger charge is 2.11. The molecule has 0 aliphatic carbocycles. The quantitative estimate of drug-likeness (QED) is 0.847. The summed E-state index contributed by atoms with van der Waals surface area (Å²) in [5, 5.41) is 29.5. The molecule has 0 atom stereocenters. The second kappa shape index (κ2) is 5.86. The minimum atomic E-state index is 0.163. The normalized spacial score (nSPS) is 10.3. The first-order valence-electron chi connectivity index (χ1n) is 5.92. The van der Waals surface area contributed by atoms with Crippen LogP contribution in [-0.4, -0.2) is 23.1 Å². The molecule has 0 unspecified atom stereocenters. The number of rotatable bonds is 4. The molecule has 19 heavy (non-hydrogen) atoms. The van der Waals surface area contributed by atoms with Gasteiger partial charge in [0.1, 0.15) is 5.75 Å². The number of hydrogen-bond acceptors (Lipinski definition) is 4. The summed E-state index contributed by atoms with van der Waals surface area (Å²) in [6.45, 7) is 0.709. The van der Waals surface area contributed by atoms with Gasteiger partial charge in [-0.3, -0.25) is 4.90 Å². The molecule has 0 aromatic heterocycles. The van der Waals surface area contributed by atoms with Crippen LogP contribution in [0.25, 0.3) is 10.8 Å². The second-order valence-corrected chi connectivity index (χ2v) is 4.25. The van der Waals surface area contributed by atoms with Crippen LogP contribution in [0.15, 0.2) is 36.4 Å². The Hall–Kier alpha value is -2.56. The minimum Gasteiger partial charge on any atom is -0.508 e. The zero-order chi connectivity index (χ0) is 13.7. The van der Waals surface area contributed by atoms with Crippen molar-refractivity contribution < 1.29 is 5.11 Å². The van der Waals surface area contributed by atoms with E-state index in [9.17, 15) is 5.11 Å². The molecule has 0 amide bonds. The predicted molar refractivity (Wildman–Crippen MR) is 72.1 cm³/mol. The van der Waals surface area contributed by atoms with Crippen molar-refractivity contribution in [1.82, 2.24) is 4.90 Å². The van der Waals surface area contributed by atoms with E-state index in [0.29, 0.717) is 6.54 Å². The maximum absolute atomic E-state index is 10.0. The summed E-state index contributed by atoms with van der Waals surface area (Å²) < 4.78 is 0. The van der Waals surface area contributed by atoms with Gasteiger partial charge >= 0.3 is 0 Å². The molecule has 4 heteroatoms. The largest absolute Gasteiger partial charge is 0.508 e. The summed E-state index contributed by atoms with van der Waals surface area (Å²) in [4.78, 5) is 1.70. The number of benzene rings is 2. The van der Waals surface area contributed by atoms with Crippen molar-refractivity contribution in [2.45, 2.75) is 6.54 Å². The van der Waals surface area contributed by atoms with Crippen LogP contribution < -0.4 is 0 Å². The number of fused-ring (bicyclic) bond motifs is 1. The zero-order valence-corrected chi connectivity index (χ0v) is 10.4. The van der Waals surface area contributed by atoms with Crippen LogP contribution in [0.4, 0.5) is 0 Å². The molecule has 0 aliphatic rings. The van der Waals surface area contributed by atoms with Gasteiger partial charge in [0.15, 0.2) is 0 Å². The van der Waals surface area contributed by atoms with Crippen LogP contribution in [0.5, 0.6) is 5.75 Å². The number of aromatic hydroxyl groups is 1. The molecule has 0 saturated heterocycles. The average Bonchev–Trinajstić information content (AvgIpc) is 2.42. The third-order valence-corrected chi connectivity index (χ3v) is 2.99. The molecule has 1 N–H and O–H groups in total. The second-order valence-electron chi connectivity index (χ2n) is 4.25. The van der Waals surface area contributed by atoms with Crippen LogP contribution in [-0.2, 0) is 6.54 Å². The van der Waals surface area contributed by atoms with E-state index in [1.165, 1.54) is 0 Å². The number of phenols is 1. The number of nitriles is 2. The molecular formula is C15H13N3O. The van der Waals surface area contributed by atoms with Gasteiger partial charge in [-0.1, -0.05) is 30.3 Å². The zero-order valence-electron chi connectivity index (χ0n) is 10.4. The Labute approximate surface area is 111 Å². The Balaban J connectivity index is 2.41. The summed E-state index contributed by atoms with van der Waals surface area (Å²) in [5.41, 5.74) is 0.753. The maximum Gasteiger partial charge on any atom is 0.120 e. The van der Waals surface area contributed by atoms with E-state index < -0.39 is 0 Å². The van der Waals surface area contributed by atoms with Gasteiger partial charge in [0, 0.05) is 12.1 Å². The van der Waals surface area contributed by atoms with Crippen molar-refractivity contribution >= 4 is 10.8 Å². The van der Waals surface area contributed by atoms with E-state index in [1.54, 1.807) is 11.0 Å². The highest BCUT2D eigenvalue weighted by molar-refractivity contribution is 5.87. The fourth-order valence-corrected chi connectivity index (χ4v) is 2.08. The van der Waals surface area contributed by atoms with Crippen molar-refractivity contribution in [3.63, 3.8) is 0 Å². The van der Waals surface area contributed by atoms with Crippen LogP contribution in [0.2, 0.25) is 0 Å². The molecule has 0 heterocycles. The molecule has 0 spiro atoms. The maximum atomic E-state index is 10.0. The SMILES string of the molecule is N#CCN(CC#N)Cc1c(O)ccc2ccccc12. The van der Waals surface area contributed by atoms with Crippen molar-refractivity contribution in [2.24, 2.45) is 0 Å². The van der Waals surface area contributed by atoms with E-state index in [0.717, 1.165) is 16.3 Å². The third-order valence-electron chi connectivity index (χ3n) is 2.99. The van der Waals surface area contributed by atoms with Crippen molar-refractivity contribution in [2.75, 3.05) is 13.1 Å². The van der Waals surface area contributed by atoms with Crippen molar-refractivity contribution in [3.05, 3.63) is 42.0 Å². The Morgan fingerprint density at radius 2 is 1.68 bits per heavy atom. The smallest absolute Gasteiger partial charge is 0.120 e. The Morgan fingerprint density at radius 1 is 1.00 bits per heavy atom. The van der Waals surface area contributed by atoms with Gasteiger partial charge in [0.2, 0.25) is 0 Å². The van der Waals surface area contributed by atoms with Gasteiger partial charge in [-0.2, -0.15) is 10.5 Å². The Morgan fingerprint density at radius 3 is 2.37 bits per heavy atom. The molecule has 0 aliphatic heterocycles. The van der Waals surface area contributed by atoms with Crippen LogP contribution in [0.3, 0.4) is 0 Å². The summed E-state index contributed by atoms with van der Waals surface area (Å²) in [6, 6.07) is 15.3. The standard InChI is InChI=1S/C15H13N3O/c16-7-9-18(10-8-17)11-14-13-4-2-1-3-12(13)5-6-15(14)19/h1-6,19H,9-11H2. The van der Waals surface area contributed by atoms with Gasteiger partial charge in [-0.05, 0) is 16.8 Å². The van der Waals surface area contributed by atoms with Crippen LogP contribution in [0, 0.1) is 22.7 Å². The molecule has 0 saturated carbocycles. The molecule has 2 rings (SSSR count). The van der Waals surface area contributed by atoms with Crippen molar-refractivity contribution in [3.8, 4) is 17.9 Å². The summed E-state index contributed by atoms with van der Waals surface area (Å²) in [5.74, 6) is 0.194. The van der Waals surface area contributed by atoms with Gasteiger partial charge < -0.3 is 5.11 Å². The lowest BCUT2D eigenvalue weighted by molar-refractivity contribution is 0.329. The molecule has 2 aromatic rings. The van der Waals surface area contributed by atoms with E-state index in [4.69, 9.17) is 10.5 Å². The third kappa shape index (κ3) is 2.82. The first kappa shape index (κ1) is 12.9. The lowest BCUT2D eigenvalue weighted by atomic mass is 10.0. The molecule has 0 radical (unpaired) electrons. The van der Waals surface area contributed by atoms with Crippen LogP contribution >= 0.6 is 0 Å². The highest BCUT2D eigenvalue weighted by Crippen LogP contribution is 2.28. The first-order chi connectivity index (χ1) is 9.26. The van der Waals surface area contributed by atoms with E-state index in [2.05, 4.69) is 0 Å². The summed E-state index contributed by atoms with van der Waals surface area (Å²) >= 11 is 0.